The lowest BCUT2D eigenvalue weighted by Crippen LogP contribution is -2.39. The van der Waals surface area contributed by atoms with Gasteiger partial charge in [0.05, 0.1) is 18.6 Å². The molecule has 0 aliphatic carbocycles. The zero-order valence-corrected chi connectivity index (χ0v) is 10.7. The molecule has 2 atom stereocenters. The highest BCUT2D eigenvalue weighted by Gasteiger charge is 2.29. The number of hydrogen-bond donors (Lipinski definition) is 1. The largest absolute Gasteiger partial charge is 0.469 e. The van der Waals surface area contributed by atoms with Gasteiger partial charge in [0.25, 0.3) is 0 Å². The Hall–Kier alpha value is -0.610. The molecule has 94 valence electrons. The fourth-order valence-electron chi connectivity index (χ4n) is 1.96. The molecule has 1 aliphatic heterocycles. The molecule has 1 heterocycles. The second-order valence-electron chi connectivity index (χ2n) is 5.13. The van der Waals surface area contributed by atoms with Gasteiger partial charge in [0, 0.05) is 19.7 Å². The van der Waals surface area contributed by atoms with E-state index < -0.39 is 5.41 Å². The minimum atomic E-state index is -0.461. The lowest BCUT2D eigenvalue weighted by atomic mass is 9.93. The Morgan fingerprint density at radius 3 is 2.75 bits per heavy atom. The van der Waals surface area contributed by atoms with Crippen LogP contribution in [0.4, 0.5) is 0 Å². The van der Waals surface area contributed by atoms with E-state index in [1.54, 1.807) is 0 Å². The first-order valence-electron chi connectivity index (χ1n) is 5.88. The maximum absolute atomic E-state index is 11.4. The van der Waals surface area contributed by atoms with Crippen molar-refractivity contribution < 1.29 is 14.3 Å². The second kappa shape index (κ2) is 5.64. The summed E-state index contributed by atoms with van der Waals surface area (Å²) in [5, 5.41) is 3.33. The van der Waals surface area contributed by atoms with Crippen LogP contribution in [-0.2, 0) is 14.3 Å². The molecular weight excluding hydrogens is 206 g/mol. The van der Waals surface area contributed by atoms with Gasteiger partial charge in [-0.3, -0.25) is 4.79 Å². The molecule has 16 heavy (non-hydrogen) atoms. The Kier molecular flexibility index (Phi) is 4.74. The Balaban J connectivity index is 2.26. The molecule has 0 bridgehead atoms. The third kappa shape index (κ3) is 3.46. The van der Waals surface area contributed by atoms with E-state index in [4.69, 9.17) is 9.47 Å². The van der Waals surface area contributed by atoms with Gasteiger partial charge in [-0.25, -0.2) is 0 Å². The summed E-state index contributed by atoms with van der Waals surface area (Å²) in [4.78, 5) is 11.4. The minimum Gasteiger partial charge on any atom is -0.469 e. The van der Waals surface area contributed by atoms with Crippen molar-refractivity contribution in [3.63, 3.8) is 0 Å². The molecule has 1 rings (SSSR count). The molecule has 2 unspecified atom stereocenters. The van der Waals surface area contributed by atoms with Crippen LogP contribution in [0.15, 0.2) is 0 Å². The van der Waals surface area contributed by atoms with Crippen LogP contribution in [0.3, 0.4) is 0 Å². The number of ether oxygens (including phenoxy) is 2. The predicted octanol–water partition coefficient (Wildman–Crippen LogP) is 1.20. The number of nitrogens with one attached hydrogen (secondary N) is 1. The van der Waals surface area contributed by atoms with E-state index in [1.807, 2.05) is 13.8 Å². The van der Waals surface area contributed by atoms with Crippen molar-refractivity contribution >= 4 is 5.97 Å². The van der Waals surface area contributed by atoms with Gasteiger partial charge in [0.2, 0.25) is 0 Å². The van der Waals surface area contributed by atoms with E-state index in [2.05, 4.69) is 12.2 Å². The van der Waals surface area contributed by atoms with Crippen molar-refractivity contribution in [2.24, 2.45) is 11.3 Å². The molecule has 0 amide bonds. The van der Waals surface area contributed by atoms with Gasteiger partial charge >= 0.3 is 5.97 Å². The average Bonchev–Trinajstić information content (AvgIpc) is 2.63. The van der Waals surface area contributed by atoms with E-state index in [9.17, 15) is 4.79 Å². The molecule has 4 heteroatoms. The molecule has 0 aromatic carbocycles. The average molecular weight is 229 g/mol. The van der Waals surface area contributed by atoms with Gasteiger partial charge in [0.15, 0.2) is 0 Å². The van der Waals surface area contributed by atoms with E-state index >= 15 is 0 Å². The van der Waals surface area contributed by atoms with Gasteiger partial charge in [-0.2, -0.15) is 0 Å². The summed E-state index contributed by atoms with van der Waals surface area (Å²) in [6.45, 7) is 8.28. The second-order valence-corrected chi connectivity index (χ2v) is 5.13. The van der Waals surface area contributed by atoms with Crippen molar-refractivity contribution in [2.45, 2.75) is 33.3 Å². The third-order valence-corrected chi connectivity index (χ3v) is 3.24. The fourth-order valence-corrected chi connectivity index (χ4v) is 1.96. The smallest absolute Gasteiger partial charge is 0.312 e. The standard InChI is InChI=1S/C12H23NO3/c1-9-10(5-6-16-9)7-13-8-12(2,3)11(14)15-4/h9-10,13H,5-8H2,1-4H3. The molecule has 0 aromatic heterocycles. The Morgan fingerprint density at radius 1 is 1.56 bits per heavy atom. The third-order valence-electron chi connectivity index (χ3n) is 3.24. The van der Waals surface area contributed by atoms with Crippen LogP contribution < -0.4 is 5.32 Å². The highest BCUT2D eigenvalue weighted by Crippen LogP contribution is 2.20. The number of methoxy groups -OCH3 is 1. The highest BCUT2D eigenvalue weighted by molar-refractivity contribution is 5.76. The summed E-state index contributed by atoms with van der Waals surface area (Å²) in [5.74, 6) is 0.393. The van der Waals surface area contributed by atoms with Gasteiger partial charge in [-0.1, -0.05) is 0 Å². The van der Waals surface area contributed by atoms with Crippen molar-refractivity contribution in [3.05, 3.63) is 0 Å². The van der Waals surface area contributed by atoms with E-state index in [0.29, 0.717) is 18.6 Å². The molecule has 1 fully saturated rings. The Bertz CT molecular complexity index is 240. The molecule has 0 aromatic rings. The number of carbonyl (C=O) groups excluding carboxylic acids is 1. The van der Waals surface area contributed by atoms with Crippen LogP contribution in [0.1, 0.15) is 27.2 Å². The molecule has 0 radical (unpaired) electrons. The van der Waals surface area contributed by atoms with Crippen molar-refractivity contribution in [1.29, 1.82) is 0 Å². The zero-order valence-electron chi connectivity index (χ0n) is 10.7. The maximum atomic E-state index is 11.4. The summed E-state index contributed by atoms with van der Waals surface area (Å²) >= 11 is 0. The normalized spacial score (nSPS) is 25.8. The van der Waals surface area contributed by atoms with E-state index in [1.165, 1.54) is 7.11 Å². The number of hydrogen-bond acceptors (Lipinski definition) is 4. The number of esters is 1. The molecule has 0 spiro atoms. The van der Waals surface area contributed by atoms with Gasteiger partial charge < -0.3 is 14.8 Å². The van der Waals surface area contributed by atoms with E-state index in [0.717, 1.165) is 19.6 Å². The summed E-state index contributed by atoms with van der Waals surface area (Å²) in [7, 11) is 1.43. The monoisotopic (exact) mass is 229 g/mol. The number of rotatable bonds is 5. The lowest BCUT2D eigenvalue weighted by Gasteiger charge is -2.23. The number of carbonyl (C=O) groups is 1. The van der Waals surface area contributed by atoms with Crippen LogP contribution >= 0.6 is 0 Å². The topological polar surface area (TPSA) is 47.6 Å². The van der Waals surface area contributed by atoms with Gasteiger partial charge in [-0.05, 0) is 33.1 Å². The van der Waals surface area contributed by atoms with Crippen molar-refractivity contribution in [3.8, 4) is 0 Å². The first kappa shape index (κ1) is 13.5. The van der Waals surface area contributed by atoms with Gasteiger partial charge in [0.1, 0.15) is 0 Å². The van der Waals surface area contributed by atoms with Crippen LogP contribution in [0.2, 0.25) is 0 Å². The van der Waals surface area contributed by atoms with Crippen LogP contribution in [0.25, 0.3) is 0 Å². The SMILES string of the molecule is COC(=O)C(C)(C)CNCC1CCOC1C. The summed E-state index contributed by atoms with van der Waals surface area (Å²) in [5.41, 5.74) is -0.461. The molecule has 1 saturated heterocycles. The predicted molar refractivity (Wildman–Crippen MR) is 62.2 cm³/mol. The van der Waals surface area contributed by atoms with Crippen LogP contribution in [0.5, 0.6) is 0 Å². The first-order chi connectivity index (χ1) is 7.47. The molecular formula is C12H23NO3. The fraction of sp³-hybridized carbons (Fsp3) is 0.917. The van der Waals surface area contributed by atoms with E-state index in [-0.39, 0.29) is 5.97 Å². The molecule has 1 aliphatic rings. The maximum Gasteiger partial charge on any atom is 0.312 e. The zero-order chi connectivity index (χ0) is 12.2. The lowest BCUT2D eigenvalue weighted by molar-refractivity contribution is -0.150. The highest BCUT2D eigenvalue weighted by atomic mass is 16.5. The molecule has 0 saturated carbocycles. The Labute approximate surface area is 97.7 Å². The molecule has 1 N–H and O–H groups in total. The van der Waals surface area contributed by atoms with Crippen molar-refractivity contribution in [1.82, 2.24) is 5.32 Å². The first-order valence-corrected chi connectivity index (χ1v) is 5.88. The Morgan fingerprint density at radius 2 is 2.25 bits per heavy atom. The molecule has 4 nitrogen and oxygen atoms in total. The summed E-state index contributed by atoms with van der Waals surface area (Å²) in [6.07, 6.45) is 1.43. The quantitative estimate of drug-likeness (QED) is 0.720. The van der Waals surface area contributed by atoms with Crippen molar-refractivity contribution in [2.75, 3.05) is 26.8 Å². The summed E-state index contributed by atoms with van der Waals surface area (Å²) in [6, 6.07) is 0. The van der Waals surface area contributed by atoms with Crippen LogP contribution in [-0.4, -0.2) is 38.9 Å². The van der Waals surface area contributed by atoms with Gasteiger partial charge in [-0.15, -0.1) is 0 Å². The van der Waals surface area contributed by atoms with Crippen LogP contribution in [0, 0.1) is 11.3 Å². The summed E-state index contributed by atoms with van der Waals surface area (Å²) < 4.78 is 10.2. The minimum absolute atomic E-state index is 0.171.